The lowest BCUT2D eigenvalue weighted by atomic mass is 9.98. The van der Waals surface area contributed by atoms with Crippen molar-refractivity contribution < 1.29 is 5.11 Å². The zero-order valence-corrected chi connectivity index (χ0v) is 30.2. The Balaban J connectivity index is 0.000000151. The van der Waals surface area contributed by atoms with Gasteiger partial charge in [-0.15, -0.1) is 11.3 Å². The van der Waals surface area contributed by atoms with Crippen LogP contribution in [0.25, 0.3) is 38.7 Å². The molecule has 0 atom stereocenters. The molecule has 6 aromatic heterocycles. The van der Waals surface area contributed by atoms with E-state index in [0.717, 1.165) is 76.2 Å². The minimum Gasteiger partial charge on any atom is -0.396 e. The van der Waals surface area contributed by atoms with Crippen LogP contribution in [0.3, 0.4) is 0 Å². The summed E-state index contributed by atoms with van der Waals surface area (Å²) in [6.07, 6.45) is 10.8. The zero-order chi connectivity index (χ0) is 36.3. The maximum Gasteiger partial charge on any atom is 0.227 e. The molecule has 0 amide bonds. The fourth-order valence-electron chi connectivity index (χ4n) is 6.51. The van der Waals surface area contributed by atoms with Crippen LogP contribution in [0.4, 0.5) is 29.1 Å². The second kappa shape index (κ2) is 14.8. The van der Waals surface area contributed by atoms with E-state index in [1.165, 1.54) is 4.88 Å². The van der Waals surface area contributed by atoms with Crippen molar-refractivity contribution in [1.82, 2.24) is 49.9 Å². The number of aromatic amines is 2. The molecule has 1 aliphatic rings. The molecule has 7 heterocycles. The Morgan fingerprint density at radius 2 is 1.72 bits per heavy atom. The maximum atomic E-state index is 9.32. The van der Waals surface area contributed by atoms with E-state index in [9.17, 15) is 5.11 Å². The van der Waals surface area contributed by atoms with Crippen LogP contribution in [0.1, 0.15) is 31.6 Å². The third-order valence-electron chi connectivity index (χ3n) is 9.38. The van der Waals surface area contributed by atoms with Gasteiger partial charge in [-0.25, -0.2) is 15.0 Å². The first-order chi connectivity index (χ1) is 25.9. The van der Waals surface area contributed by atoms with E-state index in [2.05, 4.69) is 87.9 Å². The Hall–Kier alpha value is -6.13. The first kappa shape index (κ1) is 34.0. The summed E-state index contributed by atoms with van der Waals surface area (Å²) in [4.78, 5) is 28.2. The van der Waals surface area contributed by atoms with Crippen LogP contribution >= 0.6 is 11.3 Å². The summed E-state index contributed by atoms with van der Waals surface area (Å²) in [6, 6.07) is 16.5. The number of nitrogens with zero attached hydrogens (tertiary/aromatic N) is 10. The highest BCUT2D eigenvalue weighted by Gasteiger charge is 2.22. The van der Waals surface area contributed by atoms with Gasteiger partial charge in [0.1, 0.15) is 11.8 Å². The lowest BCUT2D eigenvalue weighted by Gasteiger charge is -2.30. The molecule has 1 saturated heterocycles. The van der Waals surface area contributed by atoms with Crippen molar-refractivity contribution in [2.75, 3.05) is 40.5 Å². The molecule has 1 aliphatic heterocycles. The van der Waals surface area contributed by atoms with Gasteiger partial charge in [0.05, 0.1) is 53.7 Å². The van der Waals surface area contributed by atoms with E-state index in [-0.39, 0.29) is 12.6 Å². The summed E-state index contributed by atoms with van der Waals surface area (Å²) >= 11 is 1.70. The lowest BCUT2D eigenvalue weighted by molar-refractivity contribution is 0.202. The van der Waals surface area contributed by atoms with Crippen LogP contribution in [0.2, 0.25) is 0 Å². The summed E-state index contributed by atoms with van der Waals surface area (Å²) in [5.74, 6) is 2.35. The minimum atomic E-state index is 0.160. The van der Waals surface area contributed by atoms with Crippen LogP contribution in [-0.4, -0.2) is 80.7 Å². The first-order valence-electron chi connectivity index (χ1n) is 17.5. The predicted octanol–water partition coefficient (Wildman–Crippen LogP) is 6.06. The second-order valence-electron chi connectivity index (χ2n) is 13.3. The van der Waals surface area contributed by atoms with Crippen molar-refractivity contribution >= 4 is 73.4 Å². The van der Waals surface area contributed by atoms with Crippen LogP contribution < -0.4 is 20.9 Å². The van der Waals surface area contributed by atoms with Crippen molar-refractivity contribution in [3.63, 3.8) is 0 Å². The van der Waals surface area contributed by atoms with Crippen LogP contribution in [0, 0.1) is 5.92 Å². The number of nitrogen functional groups attached to an aromatic ring is 1. The van der Waals surface area contributed by atoms with Gasteiger partial charge in [-0.3, -0.25) is 14.8 Å². The number of aromatic nitrogens is 10. The number of imidazole rings is 1. The molecule has 0 unspecified atom stereocenters. The quantitative estimate of drug-likeness (QED) is 0.116. The number of hydrogen-bond acceptors (Lipinski definition) is 13. The monoisotopic (exact) mass is 728 g/mol. The number of nitrogens with one attached hydrogen (secondary N) is 3. The molecule has 8 aromatic rings. The van der Waals surface area contributed by atoms with E-state index in [1.807, 2.05) is 41.1 Å². The number of H-pyrrole nitrogens is 2. The SMILES string of the molecule is CC(C)N(c1ccc2cn[nH]c2c1)c1nc(NCc2cccs2)ncc1N.OCC1CCN(c2ncc3ncn(-c4ccc5cn[nH]c5c4)c3n2)CC1. The van der Waals surface area contributed by atoms with E-state index < -0.39 is 0 Å². The fourth-order valence-corrected chi connectivity index (χ4v) is 7.16. The molecule has 16 heteroatoms. The Morgan fingerprint density at radius 1 is 0.943 bits per heavy atom. The minimum absolute atomic E-state index is 0.160. The third kappa shape index (κ3) is 7.18. The lowest BCUT2D eigenvalue weighted by Crippen LogP contribution is -2.35. The number of aliphatic hydroxyl groups excluding tert-OH is 1. The summed E-state index contributed by atoms with van der Waals surface area (Å²) in [5, 5.41) is 31.0. The number of nitrogens with two attached hydrogens (primary N) is 1. The number of benzene rings is 2. The number of anilines is 5. The second-order valence-corrected chi connectivity index (χ2v) is 14.3. The molecule has 15 nitrogen and oxygen atoms in total. The Morgan fingerprint density at radius 3 is 2.45 bits per heavy atom. The molecule has 0 saturated carbocycles. The van der Waals surface area contributed by atoms with E-state index in [0.29, 0.717) is 29.9 Å². The largest absolute Gasteiger partial charge is 0.396 e. The van der Waals surface area contributed by atoms with Crippen LogP contribution in [0.5, 0.6) is 0 Å². The van der Waals surface area contributed by atoms with Crippen molar-refractivity contribution in [1.29, 1.82) is 0 Å². The van der Waals surface area contributed by atoms with Gasteiger partial charge in [0.2, 0.25) is 11.9 Å². The smallest absolute Gasteiger partial charge is 0.227 e. The van der Waals surface area contributed by atoms with Gasteiger partial charge in [-0.2, -0.15) is 20.2 Å². The molecule has 9 rings (SSSR count). The van der Waals surface area contributed by atoms with Crippen molar-refractivity contribution in [3.8, 4) is 5.69 Å². The third-order valence-corrected chi connectivity index (χ3v) is 10.3. The molecule has 0 bridgehead atoms. The predicted molar refractivity (Wildman–Crippen MR) is 210 cm³/mol. The van der Waals surface area contributed by atoms with Gasteiger partial charge in [-0.05, 0) is 80.5 Å². The number of thiophene rings is 1. The van der Waals surface area contributed by atoms with Gasteiger partial charge in [-0.1, -0.05) is 6.07 Å². The highest BCUT2D eigenvalue weighted by Crippen LogP contribution is 2.33. The summed E-state index contributed by atoms with van der Waals surface area (Å²) in [6.45, 7) is 6.89. The molecule has 0 radical (unpaired) electrons. The molecular weight excluding hydrogens is 689 g/mol. The van der Waals surface area contributed by atoms with Crippen molar-refractivity contribution in [2.45, 2.75) is 39.3 Å². The normalized spacial score (nSPS) is 13.5. The average molecular weight is 729 g/mol. The number of fused-ring (bicyclic) bond motifs is 3. The Kier molecular flexibility index (Phi) is 9.52. The molecule has 6 N–H and O–H groups in total. The molecule has 53 heavy (non-hydrogen) atoms. The van der Waals surface area contributed by atoms with Gasteiger partial charge < -0.3 is 26.0 Å². The van der Waals surface area contributed by atoms with E-state index >= 15 is 0 Å². The molecular formula is C37H40N14OS. The summed E-state index contributed by atoms with van der Waals surface area (Å²) in [5.41, 5.74) is 12.3. The Bertz CT molecular complexity index is 2440. The molecule has 2 aromatic carbocycles. The average Bonchev–Trinajstić information content (AvgIpc) is 4.02. The van der Waals surface area contributed by atoms with E-state index in [4.69, 9.17) is 15.7 Å². The number of piperidine rings is 1. The van der Waals surface area contributed by atoms with Gasteiger partial charge in [0.15, 0.2) is 11.5 Å². The van der Waals surface area contributed by atoms with Gasteiger partial charge >= 0.3 is 0 Å². The fraction of sp³-hybridized carbons (Fsp3) is 0.270. The summed E-state index contributed by atoms with van der Waals surface area (Å²) in [7, 11) is 0. The van der Waals surface area contributed by atoms with Crippen molar-refractivity contribution in [2.24, 2.45) is 5.92 Å². The first-order valence-corrected chi connectivity index (χ1v) is 18.4. The number of rotatable bonds is 9. The van der Waals surface area contributed by atoms with Crippen molar-refractivity contribution in [3.05, 3.63) is 89.9 Å². The van der Waals surface area contributed by atoms with Crippen LogP contribution in [0.15, 0.2) is 85.0 Å². The summed E-state index contributed by atoms with van der Waals surface area (Å²) < 4.78 is 1.97. The molecule has 0 spiro atoms. The molecule has 0 aliphatic carbocycles. The highest BCUT2D eigenvalue weighted by molar-refractivity contribution is 7.09. The highest BCUT2D eigenvalue weighted by atomic mass is 32.1. The molecule has 270 valence electrons. The van der Waals surface area contributed by atoms with Gasteiger partial charge in [0.25, 0.3) is 0 Å². The topological polar surface area (TPSA) is 192 Å². The standard InChI is InChI=1S/C19H21N7S.C18H19N7O/c1-12(2)26(14-6-5-13-9-23-25-17(13)8-14)18-16(20)11-22-19(24-18)21-10-15-4-3-7-27-15;26-10-12-3-5-24(6-4-12)18-19-9-16-17(22-18)25(11-20-16)14-2-1-13-8-21-23-15(13)7-14/h3-9,11-12H,10,20H2,1-2H3,(H,23,25)(H,21,22,24);1-2,7-9,11-12,26H,3-6,10H2,(H,21,23). The van der Waals surface area contributed by atoms with Crippen LogP contribution in [-0.2, 0) is 6.54 Å². The maximum absolute atomic E-state index is 9.32. The molecule has 1 fully saturated rings. The Labute approximate surface area is 309 Å². The number of hydrogen-bond donors (Lipinski definition) is 5. The van der Waals surface area contributed by atoms with Gasteiger partial charge in [0, 0.05) is 47.1 Å². The number of aliphatic hydroxyl groups is 1. The zero-order valence-electron chi connectivity index (χ0n) is 29.4. The van der Waals surface area contributed by atoms with E-state index in [1.54, 1.807) is 36.3 Å².